The lowest BCUT2D eigenvalue weighted by molar-refractivity contribution is 0.102. The maximum atomic E-state index is 13.5. The zero-order chi connectivity index (χ0) is 12.4. The highest BCUT2D eigenvalue weighted by atomic mass is 19.1. The lowest BCUT2D eigenvalue weighted by Crippen LogP contribution is -2.16. The molecule has 1 heterocycles. The number of nitrogens with one attached hydrogen (secondary N) is 1. The van der Waals surface area contributed by atoms with Crippen LogP contribution in [0.5, 0.6) is 0 Å². The van der Waals surface area contributed by atoms with E-state index in [2.05, 4.69) is 10.4 Å². The molecule has 0 aliphatic carbocycles. The van der Waals surface area contributed by atoms with E-state index in [0.29, 0.717) is 5.82 Å². The van der Waals surface area contributed by atoms with E-state index in [1.807, 2.05) is 0 Å². The van der Waals surface area contributed by atoms with Crippen LogP contribution in [-0.4, -0.2) is 15.7 Å². The Kier molecular flexibility index (Phi) is 2.78. The molecule has 1 aromatic carbocycles. The maximum Gasteiger partial charge on any atom is 0.259 e. The third-order valence-electron chi connectivity index (χ3n) is 2.30. The van der Waals surface area contributed by atoms with Gasteiger partial charge in [-0.15, -0.1) is 0 Å². The van der Waals surface area contributed by atoms with Crippen molar-refractivity contribution in [2.24, 2.45) is 7.05 Å². The topological polar surface area (TPSA) is 72.9 Å². The van der Waals surface area contributed by atoms with Crippen molar-refractivity contribution in [1.82, 2.24) is 9.78 Å². The number of nitrogens with zero attached hydrogens (tertiary/aromatic N) is 2. The Hall–Kier alpha value is -2.37. The molecular weight excluding hydrogens is 223 g/mol. The van der Waals surface area contributed by atoms with E-state index in [9.17, 15) is 9.18 Å². The number of nitrogens with two attached hydrogens (primary N) is 1. The van der Waals surface area contributed by atoms with Crippen LogP contribution in [0.1, 0.15) is 10.4 Å². The number of benzene rings is 1. The number of nitrogen functional groups attached to an aromatic ring is 1. The largest absolute Gasteiger partial charge is 0.399 e. The van der Waals surface area contributed by atoms with Crippen molar-refractivity contribution < 1.29 is 9.18 Å². The highest BCUT2D eigenvalue weighted by Crippen LogP contribution is 2.14. The van der Waals surface area contributed by atoms with Gasteiger partial charge in [0.15, 0.2) is 0 Å². The Morgan fingerprint density at radius 1 is 1.47 bits per heavy atom. The van der Waals surface area contributed by atoms with Gasteiger partial charge in [0.05, 0.1) is 11.8 Å². The van der Waals surface area contributed by atoms with Gasteiger partial charge in [0.1, 0.15) is 11.6 Å². The molecule has 0 atom stereocenters. The fraction of sp³-hybridized carbons (Fsp3) is 0.0909. The summed E-state index contributed by atoms with van der Waals surface area (Å²) in [4.78, 5) is 11.8. The van der Waals surface area contributed by atoms with Gasteiger partial charge in [-0.25, -0.2) is 4.39 Å². The number of halogens is 1. The number of hydrogen-bond acceptors (Lipinski definition) is 3. The lowest BCUT2D eigenvalue weighted by atomic mass is 10.2. The number of aromatic nitrogens is 2. The van der Waals surface area contributed by atoms with Crippen molar-refractivity contribution >= 4 is 17.4 Å². The quantitative estimate of drug-likeness (QED) is 0.771. The fourth-order valence-corrected chi connectivity index (χ4v) is 1.40. The van der Waals surface area contributed by atoms with Crippen LogP contribution in [0.3, 0.4) is 0 Å². The normalized spacial score (nSPS) is 10.2. The Morgan fingerprint density at radius 3 is 2.82 bits per heavy atom. The molecule has 0 spiro atoms. The van der Waals surface area contributed by atoms with E-state index in [4.69, 9.17) is 5.73 Å². The Bertz CT molecular complexity index is 564. The second-order valence-electron chi connectivity index (χ2n) is 3.53. The highest BCUT2D eigenvalue weighted by molar-refractivity contribution is 6.04. The van der Waals surface area contributed by atoms with Gasteiger partial charge in [-0.05, 0) is 18.2 Å². The smallest absolute Gasteiger partial charge is 0.259 e. The molecule has 0 aliphatic heterocycles. The van der Waals surface area contributed by atoms with Crippen molar-refractivity contribution in [2.45, 2.75) is 0 Å². The van der Waals surface area contributed by atoms with Gasteiger partial charge in [0, 0.05) is 18.8 Å². The van der Waals surface area contributed by atoms with Crippen molar-refractivity contribution in [3.8, 4) is 0 Å². The first-order valence-corrected chi connectivity index (χ1v) is 4.92. The first-order valence-electron chi connectivity index (χ1n) is 4.92. The van der Waals surface area contributed by atoms with Crippen LogP contribution in [0.25, 0.3) is 0 Å². The molecule has 3 N–H and O–H groups in total. The Balaban J connectivity index is 2.23. The first kappa shape index (κ1) is 11.1. The van der Waals surface area contributed by atoms with Gasteiger partial charge in [0.2, 0.25) is 0 Å². The molecule has 0 aliphatic rings. The SMILES string of the molecule is Cn1nccc1NC(=O)c1ccc(N)cc1F. The Morgan fingerprint density at radius 2 is 2.24 bits per heavy atom. The predicted octanol–water partition coefficient (Wildman–Crippen LogP) is 1.39. The number of carbonyl (C=O) groups is 1. The number of aryl methyl sites for hydroxylation is 1. The van der Waals surface area contributed by atoms with Crippen LogP contribution in [0.15, 0.2) is 30.5 Å². The minimum absolute atomic E-state index is 0.0552. The van der Waals surface area contributed by atoms with E-state index in [0.717, 1.165) is 6.07 Å². The predicted molar refractivity (Wildman–Crippen MR) is 62.0 cm³/mol. The molecule has 2 rings (SSSR count). The van der Waals surface area contributed by atoms with Crippen LogP contribution in [0.4, 0.5) is 15.9 Å². The zero-order valence-corrected chi connectivity index (χ0v) is 9.14. The molecule has 0 bridgehead atoms. The molecular formula is C11H11FN4O. The van der Waals surface area contributed by atoms with Crippen molar-refractivity contribution in [1.29, 1.82) is 0 Å². The summed E-state index contributed by atoms with van der Waals surface area (Å²) in [6, 6.07) is 5.54. The van der Waals surface area contributed by atoms with Crippen LogP contribution in [0, 0.1) is 5.82 Å². The van der Waals surface area contributed by atoms with Crippen molar-refractivity contribution in [3.63, 3.8) is 0 Å². The van der Waals surface area contributed by atoms with Crippen molar-refractivity contribution in [3.05, 3.63) is 41.8 Å². The minimum Gasteiger partial charge on any atom is -0.399 e. The average molecular weight is 234 g/mol. The highest BCUT2D eigenvalue weighted by Gasteiger charge is 2.13. The van der Waals surface area contributed by atoms with Crippen LogP contribution < -0.4 is 11.1 Å². The zero-order valence-electron chi connectivity index (χ0n) is 9.14. The second-order valence-corrected chi connectivity index (χ2v) is 3.53. The maximum absolute atomic E-state index is 13.5. The molecule has 2 aromatic rings. The molecule has 1 amide bonds. The van der Waals surface area contributed by atoms with Gasteiger partial charge in [-0.3, -0.25) is 9.48 Å². The molecule has 88 valence electrons. The number of carbonyl (C=O) groups excluding carboxylic acids is 1. The molecule has 5 nitrogen and oxygen atoms in total. The number of rotatable bonds is 2. The van der Waals surface area contributed by atoms with Gasteiger partial charge in [-0.1, -0.05) is 0 Å². The summed E-state index contributed by atoms with van der Waals surface area (Å²) in [6.07, 6.45) is 1.54. The average Bonchev–Trinajstić information content (AvgIpc) is 2.64. The molecule has 0 saturated carbocycles. The molecule has 0 radical (unpaired) electrons. The van der Waals surface area contributed by atoms with E-state index < -0.39 is 11.7 Å². The number of amides is 1. The summed E-state index contributed by atoms with van der Waals surface area (Å²) in [7, 11) is 1.68. The Labute approximate surface area is 97.0 Å². The van der Waals surface area contributed by atoms with E-state index >= 15 is 0 Å². The third-order valence-corrected chi connectivity index (χ3v) is 2.30. The van der Waals surface area contributed by atoms with Gasteiger partial charge in [0.25, 0.3) is 5.91 Å². The summed E-state index contributed by atoms with van der Waals surface area (Å²) < 4.78 is 14.9. The molecule has 0 saturated heterocycles. The van der Waals surface area contributed by atoms with E-state index in [-0.39, 0.29) is 11.3 Å². The number of hydrogen-bond donors (Lipinski definition) is 2. The summed E-state index contributed by atoms with van der Waals surface area (Å²) in [5.41, 5.74) is 5.62. The van der Waals surface area contributed by atoms with Gasteiger partial charge >= 0.3 is 0 Å². The van der Waals surface area contributed by atoms with Crippen LogP contribution in [-0.2, 0) is 7.05 Å². The van der Waals surface area contributed by atoms with E-state index in [1.54, 1.807) is 13.1 Å². The van der Waals surface area contributed by atoms with Gasteiger partial charge < -0.3 is 11.1 Å². The summed E-state index contributed by atoms with van der Waals surface area (Å²) in [5, 5.41) is 6.44. The molecule has 6 heteroatoms. The van der Waals surface area contributed by atoms with Crippen molar-refractivity contribution in [2.75, 3.05) is 11.1 Å². The second kappa shape index (κ2) is 4.25. The molecule has 0 fully saturated rings. The molecule has 1 aromatic heterocycles. The van der Waals surface area contributed by atoms with E-state index in [1.165, 1.54) is 23.0 Å². The minimum atomic E-state index is -0.648. The lowest BCUT2D eigenvalue weighted by Gasteiger charge is -2.06. The number of anilines is 2. The van der Waals surface area contributed by atoms with Crippen LogP contribution in [0.2, 0.25) is 0 Å². The van der Waals surface area contributed by atoms with Gasteiger partial charge in [-0.2, -0.15) is 5.10 Å². The summed E-state index contributed by atoms with van der Waals surface area (Å²) >= 11 is 0. The molecule has 0 unspecified atom stereocenters. The summed E-state index contributed by atoms with van der Waals surface area (Å²) in [6.45, 7) is 0. The first-order chi connectivity index (χ1) is 8.08. The summed E-state index contributed by atoms with van der Waals surface area (Å²) in [5.74, 6) is -0.693. The monoisotopic (exact) mass is 234 g/mol. The standard InChI is InChI=1S/C11H11FN4O/c1-16-10(4-5-14-16)15-11(17)8-3-2-7(13)6-9(8)12/h2-6H,13H2,1H3,(H,15,17). The molecule has 17 heavy (non-hydrogen) atoms. The third kappa shape index (κ3) is 2.25. The van der Waals surface area contributed by atoms with Crippen LogP contribution >= 0.6 is 0 Å². The fourth-order valence-electron chi connectivity index (χ4n) is 1.40.